The molecule has 0 aliphatic rings. The first kappa shape index (κ1) is 21.7. The van der Waals surface area contributed by atoms with Crippen molar-refractivity contribution in [3.05, 3.63) is 58.4 Å². The third kappa shape index (κ3) is 4.60. The molecule has 0 amide bonds. The second-order valence-corrected chi connectivity index (χ2v) is 6.54. The number of hydrogen-bond donors (Lipinski definition) is 2. The van der Waals surface area contributed by atoms with E-state index in [1.54, 1.807) is 0 Å². The van der Waals surface area contributed by atoms with Crippen LogP contribution in [0.5, 0.6) is 0 Å². The van der Waals surface area contributed by atoms with Gasteiger partial charge in [0, 0.05) is 5.56 Å². The van der Waals surface area contributed by atoms with Crippen LogP contribution in [0.4, 0.5) is 37.7 Å². The van der Waals surface area contributed by atoms with E-state index in [0.717, 1.165) is 11.1 Å². The summed E-state index contributed by atoms with van der Waals surface area (Å²) in [7, 11) is 0. The molecule has 0 saturated heterocycles. The largest absolute Gasteiger partial charge is 0.471 e. The number of rotatable bonds is 4. The van der Waals surface area contributed by atoms with Crippen molar-refractivity contribution in [1.29, 1.82) is 0 Å². The average molecular weight is 452 g/mol. The molecule has 3 aromatic rings. The van der Waals surface area contributed by atoms with Gasteiger partial charge in [-0.2, -0.15) is 31.3 Å². The van der Waals surface area contributed by atoms with E-state index in [9.17, 15) is 26.3 Å². The van der Waals surface area contributed by atoms with Gasteiger partial charge in [-0.1, -0.05) is 41.0 Å². The van der Waals surface area contributed by atoms with Gasteiger partial charge in [0.2, 0.25) is 5.82 Å². The highest BCUT2D eigenvalue weighted by atomic mass is 35.5. The van der Waals surface area contributed by atoms with E-state index >= 15 is 0 Å². The monoisotopic (exact) mass is 451 g/mol. The molecular formula is C17H12ClF6N5O. The summed E-state index contributed by atoms with van der Waals surface area (Å²) in [6, 6.07) is 7.28. The van der Waals surface area contributed by atoms with Crippen molar-refractivity contribution >= 4 is 23.0 Å². The van der Waals surface area contributed by atoms with E-state index in [0.29, 0.717) is 11.6 Å². The van der Waals surface area contributed by atoms with E-state index in [-0.39, 0.29) is 34.3 Å². The molecule has 160 valence electrons. The predicted molar refractivity (Wildman–Crippen MR) is 96.0 cm³/mol. The number of hydrogen-bond acceptors (Lipinski definition) is 6. The zero-order valence-corrected chi connectivity index (χ0v) is 15.5. The van der Waals surface area contributed by atoms with Crippen molar-refractivity contribution in [2.24, 2.45) is 5.84 Å². The molecule has 0 radical (unpaired) electrons. The fourth-order valence-electron chi connectivity index (χ4n) is 2.50. The molecule has 0 spiro atoms. The number of nitrogen functional groups attached to an aromatic ring is 1. The van der Waals surface area contributed by atoms with Crippen LogP contribution >= 0.6 is 11.6 Å². The van der Waals surface area contributed by atoms with Gasteiger partial charge in [0.25, 0.3) is 0 Å². The number of nitrogens with two attached hydrogens (primary N) is 2. The van der Waals surface area contributed by atoms with E-state index in [4.69, 9.17) is 23.2 Å². The molecule has 0 aliphatic carbocycles. The zero-order valence-electron chi connectivity index (χ0n) is 14.7. The van der Waals surface area contributed by atoms with Gasteiger partial charge in [-0.3, -0.25) is 0 Å². The maximum absolute atomic E-state index is 13.0. The van der Waals surface area contributed by atoms with Gasteiger partial charge in [0.1, 0.15) is 0 Å². The lowest BCUT2D eigenvalue weighted by atomic mass is 10.1. The van der Waals surface area contributed by atoms with Gasteiger partial charge < -0.3 is 15.3 Å². The van der Waals surface area contributed by atoms with Crippen molar-refractivity contribution < 1.29 is 30.9 Å². The molecule has 6 nitrogen and oxygen atoms in total. The quantitative estimate of drug-likeness (QED) is 0.254. The molecule has 30 heavy (non-hydrogen) atoms. The Labute approximate surface area is 170 Å². The molecule has 0 aliphatic heterocycles. The minimum Gasteiger partial charge on any atom is -0.396 e. The summed E-state index contributed by atoms with van der Waals surface area (Å²) in [6.07, 6.45) is -9.41. The van der Waals surface area contributed by atoms with E-state index in [1.807, 2.05) is 0 Å². The van der Waals surface area contributed by atoms with Crippen LogP contribution in [0.25, 0.3) is 11.4 Å². The second-order valence-electron chi connectivity index (χ2n) is 6.13. The molecule has 3 rings (SSSR count). The van der Waals surface area contributed by atoms with Gasteiger partial charge in [-0.05, 0) is 17.7 Å². The maximum Gasteiger partial charge on any atom is 0.471 e. The van der Waals surface area contributed by atoms with Gasteiger partial charge >= 0.3 is 18.2 Å². The average Bonchev–Trinajstić information content (AvgIpc) is 3.14. The lowest BCUT2D eigenvalue weighted by Gasteiger charge is -2.22. The summed E-state index contributed by atoms with van der Waals surface area (Å²) < 4.78 is 80.8. The first-order valence-electron chi connectivity index (χ1n) is 8.05. The molecule has 0 bridgehead atoms. The van der Waals surface area contributed by atoms with Crippen LogP contribution in [0.3, 0.4) is 0 Å². The Kier molecular flexibility index (Phi) is 5.56. The van der Waals surface area contributed by atoms with Crippen LogP contribution in [-0.2, 0) is 18.9 Å². The summed E-state index contributed by atoms with van der Waals surface area (Å²) in [5, 5.41) is 3.94. The Balaban J connectivity index is 1.81. The summed E-state index contributed by atoms with van der Waals surface area (Å²) >= 11 is 5.78. The van der Waals surface area contributed by atoms with Crippen LogP contribution < -0.4 is 16.6 Å². The molecule has 4 N–H and O–H groups in total. The molecule has 1 aromatic heterocycles. The molecule has 0 unspecified atom stereocenters. The topological polar surface area (TPSA) is 94.2 Å². The molecule has 1 heterocycles. The highest BCUT2D eigenvalue weighted by molar-refractivity contribution is 6.33. The Bertz CT molecular complexity index is 1050. The number of aromatic nitrogens is 2. The number of nitrogens with zero attached hydrogens (tertiary/aromatic N) is 3. The molecule has 0 saturated carbocycles. The molecule has 2 aromatic carbocycles. The Morgan fingerprint density at radius 1 is 1.00 bits per heavy atom. The van der Waals surface area contributed by atoms with Gasteiger partial charge in [-0.15, -0.1) is 0 Å². The summed E-state index contributed by atoms with van der Waals surface area (Å²) in [5.41, 5.74) is 5.23. The predicted octanol–water partition coefficient (Wildman–Crippen LogP) is 4.89. The first-order valence-corrected chi connectivity index (χ1v) is 8.42. The molecular weight excluding hydrogens is 440 g/mol. The van der Waals surface area contributed by atoms with Crippen molar-refractivity contribution in [3.8, 4) is 11.4 Å². The van der Waals surface area contributed by atoms with Crippen molar-refractivity contribution in [1.82, 2.24) is 10.1 Å². The smallest absolute Gasteiger partial charge is 0.396 e. The van der Waals surface area contributed by atoms with Crippen molar-refractivity contribution in [2.75, 3.05) is 10.7 Å². The third-order valence-corrected chi connectivity index (χ3v) is 4.29. The normalized spacial score (nSPS) is 12.3. The van der Waals surface area contributed by atoms with Crippen LogP contribution in [-0.4, -0.2) is 10.1 Å². The standard InChI is InChI=1S/C17H12ClF6N5O/c18-11-5-10(16(19,20)21)6-12(13(11)25)29(26)7-8-1-3-9(4-2-8)14-27-15(30-28-14)17(22,23)24/h1-6H,7,25-26H2. The number of halogens is 7. The lowest BCUT2D eigenvalue weighted by molar-refractivity contribution is -0.159. The summed E-state index contributed by atoms with van der Waals surface area (Å²) in [4.78, 5) is 3.27. The third-order valence-electron chi connectivity index (χ3n) is 3.98. The fraction of sp³-hybridized carbons (Fsp3) is 0.176. The first-order chi connectivity index (χ1) is 13.9. The maximum atomic E-state index is 13.0. The fourth-order valence-corrected chi connectivity index (χ4v) is 2.72. The minimum absolute atomic E-state index is 0.0673. The Hall–Kier alpha value is -2.99. The number of alkyl halides is 6. The van der Waals surface area contributed by atoms with Gasteiger partial charge in [0.05, 0.1) is 28.5 Å². The van der Waals surface area contributed by atoms with Gasteiger partial charge in [0.15, 0.2) is 0 Å². The summed E-state index contributed by atoms with van der Waals surface area (Å²) in [6.45, 7) is -0.0673. The lowest BCUT2D eigenvalue weighted by Crippen LogP contribution is -2.31. The Morgan fingerprint density at radius 3 is 2.17 bits per heavy atom. The number of anilines is 2. The van der Waals surface area contributed by atoms with E-state index in [2.05, 4.69) is 14.7 Å². The summed E-state index contributed by atoms with van der Waals surface area (Å²) in [5.74, 6) is 4.12. The second kappa shape index (κ2) is 7.69. The highest BCUT2D eigenvalue weighted by Gasteiger charge is 2.38. The van der Waals surface area contributed by atoms with Crippen molar-refractivity contribution in [2.45, 2.75) is 18.9 Å². The SMILES string of the molecule is Nc1c(Cl)cc(C(F)(F)F)cc1N(N)Cc1ccc(-c2noc(C(F)(F)F)n2)cc1. The van der Waals surface area contributed by atoms with Crippen LogP contribution in [0, 0.1) is 0 Å². The van der Waals surface area contributed by atoms with Crippen LogP contribution in [0.15, 0.2) is 40.9 Å². The van der Waals surface area contributed by atoms with Crippen LogP contribution in [0.2, 0.25) is 5.02 Å². The molecule has 13 heteroatoms. The molecule has 0 atom stereocenters. The van der Waals surface area contributed by atoms with Crippen LogP contribution in [0.1, 0.15) is 17.0 Å². The Morgan fingerprint density at radius 2 is 1.63 bits per heavy atom. The molecule has 0 fully saturated rings. The highest BCUT2D eigenvalue weighted by Crippen LogP contribution is 2.38. The number of benzene rings is 2. The van der Waals surface area contributed by atoms with Crippen molar-refractivity contribution in [3.63, 3.8) is 0 Å². The zero-order chi connectivity index (χ0) is 22.3. The minimum atomic E-state index is -4.77. The van der Waals surface area contributed by atoms with Gasteiger partial charge in [-0.25, -0.2) is 5.84 Å². The number of hydrazine groups is 1. The van der Waals surface area contributed by atoms with E-state index < -0.39 is 23.8 Å². The van der Waals surface area contributed by atoms with E-state index in [1.165, 1.54) is 24.3 Å².